The van der Waals surface area contributed by atoms with Crippen LogP contribution in [0, 0.1) is 6.92 Å². The first-order chi connectivity index (χ1) is 8.13. The van der Waals surface area contributed by atoms with Crippen molar-refractivity contribution in [3.8, 4) is 0 Å². The Kier molecular flexibility index (Phi) is 5.27. The summed E-state index contributed by atoms with van der Waals surface area (Å²) < 4.78 is 5.01. The van der Waals surface area contributed by atoms with E-state index in [-0.39, 0.29) is 5.97 Å². The minimum Gasteiger partial charge on any atom is -0.463 e. The number of ether oxygens (including phenoxy) is 1. The Bertz CT molecular complexity index is 411. The molecule has 1 rings (SSSR count). The molecule has 92 valence electrons. The van der Waals surface area contributed by atoms with E-state index in [1.807, 2.05) is 25.1 Å². The number of unbranched alkanes of at least 4 members (excludes halogenated alkanes) is 1. The number of hydrogen-bond donors (Lipinski definition) is 1. The lowest BCUT2D eigenvalue weighted by atomic mass is 10.1. The van der Waals surface area contributed by atoms with Crippen LogP contribution in [0.25, 0.3) is 6.08 Å². The highest BCUT2D eigenvalue weighted by Crippen LogP contribution is 2.15. The van der Waals surface area contributed by atoms with Crippen LogP contribution in [-0.2, 0) is 9.53 Å². The van der Waals surface area contributed by atoms with Gasteiger partial charge in [-0.1, -0.05) is 25.0 Å². The first-order valence-corrected chi connectivity index (χ1v) is 5.84. The Labute approximate surface area is 102 Å². The molecule has 0 heterocycles. The lowest BCUT2D eigenvalue weighted by Gasteiger charge is -2.02. The van der Waals surface area contributed by atoms with Gasteiger partial charge in [0.2, 0.25) is 0 Å². The SMILES string of the molecule is CCCCOC(=O)/C=C/c1cc(C)ccc1N. The first kappa shape index (κ1) is 13.3. The molecule has 3 nitrogen and oxygen atoms in total. The Morgan fingerprint density at radius 2 is 2.24 bits per heavy atom. The number of rotatable bonds is 5. The van der Waals surface area contributed by atoms with Gasteiger partial charge in [0.05, 0.1) is 6.61 Å². The molecule has 2 N–H and O–H groups in total. The molecule has 1 aromatic rings. The third kappa shape index (κ3) is 4.72. The lowest BCUT2D eigenvalue weighted by Crippen LogP contribution is -2.01. The molecular formula is C14H19NO2. The Balaban J connectivity index is 2.57. The number of anilines is 1. The molecule has 0 fully saturated rings. The summed E-state index contributed by atoms with van der Waals surface area (Å²) in [5, 5.41) is 0. The fourth-order valence-electron chi connectivity index (χ4n) is 1.36. The van der Waals surface area contributed by atoms with E-state index in [0.717, 1.165) is 24.0 Å². The molecule has 0 saturated heterocycles. The molecule has 0 aliphatic rings. The van der Waals surface area contributed by atoms with E-state index in [1.165, 1.54) is 6.08 Å². The highest BCUT2D eigenvalue weighted by Gasteiger charge is 1.98. The van der Waals surface area contributed by atoms with Crippen LogP contribution in [0.2, 0.25) is 0 Å². The van der Waals surface area contributed by atoms with Gasteiger partial charge in [0.1, 0.15) is 0 Å². The summed E-state index contributed by atoms with van der Waals surface area (Å²) in [5.41, 5.74) is 8.41. The van der Waals surface area contributed by atoms with E-state index in [9.17, 15) is 4.79 Å². The van der Waals surface area contributed by atoms with Crippen molar-refractivity contribution in [3.63, 3.8) is 0 Å². The van der Waals surface area contributed by atoms with E-state index >= 15 is 0 Å². The third-order valence-corrected chi connectivity index (χ3v) is 2.38. The summed E-state index contributed by atoms with van der Waals surface area (Å²) in [6.45, 7) is 4.51. The van der Waals surface area contributed by atoms with Crippen molar-refractivity contribution >= 4 is 17.7 Å². The monoisotopic (exact) mass is 233 g/mol. The molecule has 0 amide bonds. The van der Waals surface area contributed by atoms with Crippen molar-refractivity contribution in [2.24, 2.45) is 0 Å². The summed E-state index contributed by atoms with van der Waals surface area (Å²) in [5.74, 6) is -0.320. The number of nitrogen functional groups attached to an aromatic ring is 1. The van der Waals surface area contributed by atoms with E-state index in [4.69, 9.17) is 10.5 Å². The largest absolute Gasteiger partial charge is 0.463 e. The van der Waals surface area contributed by atoms with Crippen molar-refractivity contribution in [1.29, 1.82) is 0 Å². The second-order valence-corrected chi connectivity index (χ2v) is 3.99. The maximum atomic E-state index is 11.3. The molecule has 0 bridgehead atoms. The van der Waals surface area contributed by atoms with Gasteiger partial charge in [-0.25, -0.2) is 4.79 Å². The summed E-state index contributed by atoms with van der Waals surface area (Å²) in [7, 11) is 0. The molecule has 0 aliphatic heterocycles. The minimum absolute atomic E-state index is 0.320. The van der Waals surface area contributed by atoms with Crippen molar-refractivity contribution in [2.75, 3.05) is 12.3 Å². The molecular weight excluding hydrogens is 214 g/mol. The van der Waals surface area contributed by atoms with Crippen molar-refractivity contribution in [3.05, 3.63) is 35.4 Å². The zero-order chi connectivity index (χ0) is 12.7. The fraction of sp³-hybridized carbons (Fsp3) is 0.357. The summed E-state index contributed by atoms with van der Waals surface area (Å²) in [6.07, 6.45) is 5.02. The predicted molar refractivity (Wildman–Crippen MR) is 70.5 cm³/mol. The molecule has 0 unspecified atom stereocenters. The third-order valence-electron chi connectivity index (χ3n) is 2.38. The van der Waals surface area contributed by atoms with Crippen LogP contribution in [0.4, 0.5) is 5.69 Å². The van der Waals surface area contributed by atoms with Gasteiger partial charge >= 0.3 is 5.97 Å². The summed E-state index contributed by atoms with van der Waals surface area (Å²) in [6, 6.07) is 5.70. The quantitative estimate of drug-likeness (QED) is 0.368. The lowest BCUT2D eigenvalue weighted by molar-refractivity contribution is -0.137. The molecule has 3 heteroatoms. The number of carbonyl (C=O) groups excluding carboxylic acids is 1. The maximum Gasteiger partial charge on any atom is 0.330 e. The number of nitrogens with two attached hydrogens (primary N) is 1. The van der Waals surface area contributed by atoms with Crippen LogP contribution in [0.15, 0.2) is 24.3 Å². The fourth-order valence-corrected chi connectivity index (χ4v) is 1.36. The average Bonchev–Trinajstić information content (AvgIpc) is 2.31. The standard InChI is InChI=1S/C14H19NO2/c1-3-4-9-17-14(16)8-6-12-10-11(2)5-7-13(12)15/h5-8,10H,3-4,9,15H2,1-2H3/b8-6+. The van der Waals surface area contributed by atoms with Crippen LogP contribution in [0.1, 0.15) is 30.9 Å². The second-order valence-electron chi connectivity index (χ2n) is 3.99. The maximum absolute atomic E-state index is 11.3. The number of carbonyl (C=O) groups is 1. The van der Waals surface area contributed by atoms with Gasteiger partial charge in [-0.2, -0.15) is 0 Å². The highest BCUT2D eigenvalue weighted by molar-refractivity contribution is 5.88. The van der Waals surface area contributed by atoms with Crippen LogP contribution >= 0.6 is 0 Å². The number of esters is 1. The van der Waals surface area contributed by atoms with E-state index in [2.05, 4.69) is 6.92 Å². The number of hydrogen-bond acceptors (Lipinski definition) is 3. The zero-order valence-corrected chi connectivity index (χ0v) is 10.4. The van der Waals surface area contributed by atoms with Crippen LogP contribution in [0.3, 0.4) is 0 Å². The number of aryl methyl sites for hydroxylation is 1. The molecule has 0 saturated carbocycles. The van der Waals surface area contributed by atoms with E-state index in [1.54, 1.807) is 6.08 Å². The predicted octanol–water partition coefficient (Wildman–Crippen LogP) is 2.93. The molecule has 1 aromatic carbocycles. The Morgan fingerprint density at radius 3 is 2.94 bits per heavy atom. The smallest absolute Gasteiger partial charge is 0.330 e. The van der Waals surface area contributed by atoms with Gasteiger partial charge in [0.15, 0.2) is 0 Å². The highest BCUT2D eigenvalue weighted by atomic mass is 16.5. The normalized spacial score (nSPS) is 10.7. The van der Waals surface area contributed by atoms with E-state index < -0.39 is 0 Å². The average molecular weight is 233 g/mol. The van der Waals surface area contributed by atoms with Crippen molar-refractivity contribution < 1.29 is 9.53 Å². The molecule has 0 atom stereocenters. The van der Waals surface area contributed by atoms with Gasteiger partial charge in [-0.3, -0.25) is 0 Å². The van der Waals surface area contributed by atoms with Crippen LogP contribution in [-0.4, -0.2) is 12.6 Å². The second kappa shape index (κ2) is 6.74. The van der Waals surface area contributed by atoms with Gasteiger partial charge < -0.3 is 10.5 Å². The van der Waals surface area contributed by atoms with Gasteiger partial charge in [-0.15, -0.1) is 0 Å². The van der Waals surface area contributed by atoms with Gasteiger partial charge in [-0.05, 0) is 37.1 Å². The van der Waals surface area contributed by atoms with Crippen LogP contribution in [0.5, 0.6) is 0 Å². The molecule has 0 radical (unpaired) electrons. The summed E-state index contributed by atoms with van der Waals surface area (Å²) in [4.78, 5) is 11.3. The minimum atomic E-state index is -0.320. The molecule has 17 heavy (non-hydrogen) atoms. The molecule has 0 spiro atoms. The van der Waals surface area contributed by atoms with Crippen molar-refractivity contribution in [2.45, 2.75) is 26.7 Å². The van der Waals surface area contributed by atoms with E-state index in [0.29, 0.717) is 12.3 Å². The Morgan fingerprint density at radius 1 is 1.47 bits per heavy atom. The summed E-state index contributed by atoms with van der Waals surface area (Å²) >= 11 is 0. The molecule has 0 aromatic heterocycles. The van der Waals surface area contributed by atoms with Gasteiger partial charge in [0, 0.05) is 11.8 Å². The van der Waals surface area contributed by atoms with Gasteiger partial charge in [0.25, 0.3) is 0 Å². The van der Waals surface area contributed by atoms with Crippen LogP contribution < -0.4 is 5.73 Å². The number of benzene rings is 1. The Hall–Kier alpha value is -1.77. The first-order valence-electron chi connectivity index (χ1n) is 5.84. The van der Waals surface area contributed by atoms with Crippen molar-refractivity contribution in [1.82, 2.24) is 0 Å². The molecule has 0 aliphatic carbocycles. The zero-order valence-electron chi connectivity index (χ0n) is 10.4. The topological polar surface area (TPSA) is 52.3 Å².